The van der Waals surface area contributed by atoms with Gasteiger partial charge in [-0.2, -0.15) is 11.3 Å². The second-order valence-electron chi connectivity index (χ2n) is 6.23. The van der Waals surface area contributed by atoms with Crippen LogP contribution < -0.4 is 5.32 Å². The van der Waals surface area contributed by atoms with E-state index in [2.05, 4.69) is 11.9 Å². The Balaban J connectivity index is 1.94. The van der Waals surface area contributed by atoms with Crippen molar-refractivity contribution in [1.29, 1.82) is 0 Å². The first-order valence-corrected chi connectivity index (χ1v) is 8.85. The van der Waals surface area contributed by atoms with Crippen LogP contribution in [0.2, 0.25) is 0 Å². The topological polar surface area (TPSA) is 55.9 Å². The van der Waals surface area contributed by atoms with Gasteiger partial charge >= 0.3 is 6.03 Å². The summed E-state index contributed by atoms with van der Waals surface area (Å²) in [5, 5.41) is 6.91. The highest BCUT2D eigenvalue weighted by Crippen LogP contribution is 2.36. The molecule has 3 heterocycles. The summed E-state index contributed by atoms with van der Waals surface area (Å²) in [6, 6.07) is 1.42. The van der Waals surface area contributed by atoms with Gasteiger partial charge in [-0.3, -0.25) is 9.69 Å². The molecule has 24 heavy (non-hydrogen) atoms. The van der Waals surface area contributed by atoms with Crippen LogP contribution in [0.1, 0.15) is 11.6 Å². The largest absolute Gasteiger partial charge is 0.332 e. The maximum atomic E-state index is 13.0. The molecule has 0 fully saturated rings. The Kier molecular flexibility index (Phi) is 4.73. The Morgan fingerprint density at radius 3 is 2.88 bits per heavy atom. The Labute approximate surface area is 146 Å². The summed E-state index contributed by atoms with van der Waals surface area (Å²) < 4.78 is 0. The van der Waals surface area contributed by atoms with Gasteiger partial charge in [0.05, 0.1) is 23.9 Å². The number of urea groups is 1. The Morgan fingerprint density at radius 1 is 1.46 bits per heavy atom. The number of carbonyl (C=O) groups excluding carboxylic acids is 2. The number of rotatable bonds is 6. The molecular weight excluding hydrogens is 324 g/mol. The molecule has 2 aliphatic rings. The molecule has 1 atom stereocenters. The van der Waals surface area contributed by atoms with E-state index >= 15 is 0 Å². The summed E-state index contributed by atoms with van der Waals surface area (Å²) in [4.78, 5) is 31.0. The lowest BCUT2D eigenvalue weighted by Gasteiger charge is -2.32. The minimum absolute atomic E-state index is 0.0112. The molecule has 0 aromatic carbocycles. The van der Waals surface area contributed by atoms with Crippen molar-refractivity contribution in [3.63, 3.8) is 0 Å². The molecular formula is C17H22N4O2S. The summed E-state index contributed by atoms with van der Waals surface area (Å²) in [6.45, 7) is 6.03. The number of likely N-dealkylation sites (N-methyl/N-ethyl adjacent to an activating group) is 1. The highest BCUT2D eigenvalue weighted by atomic mass is 32.1. The summed E-state index contributed by atoms with van der Waals surface area (Å²) in [6.07, 6.45) is 1.68. The third-order valence-electron chi connectivity index (χ3n) is 4.30. The van der Waals surface area contributed by atoms with Crippen molar-refractivity contribution in [2.75, 3.05) is 40.3 Å². The van der Waals surface area contributed by atoms with E-state index in [4.69, 9.17) is 0 Å². The lowest BCUT2D eigenvalue weighted by Crippen LogP contribution is -2.47. The van der Waals surface area contributed by atoms with E-state index in [1.54, 1.807) is 22.3 Å². The zero-order valence-corrected chi connectivity index (χ0v) is 14.8. The Bertz CT molecular complexity index is 681. The number of hydrogen-bond donors (Lipinski definition) is 1. The normalized spacial score (nSPS) is 20.7. The second-order valence-corrected chi connectivity index (χ2v) is 7.01. The van der Waals surface area contributed by atoms with Crippen molar-refractivity contribution < 1.29 is 9.59 Å². The van der Waals surface area contributed by atoms with Crippen LogP contribution in [0.4, 0.5) is 4.79 Å². The first-order valence-electron chi connectivity index (χ1n) is 7.91. The number of nitrogens with one attached hydrogen (secondary N) is 1. The summed E-state index contributed by atoms with van der Waals surface area (Å²) in [7, 11) is 3.97. The molecule has 2 aliphatic heterocycles. The van der Waals surface area contributed by atoms with Crippen LogP contribution in [-0.2, 0) is 4.79 Å². The van der Waals surface area contributed by atoms with Crippen molar-refractivity contribution in [3.05, 3.63) is 46.3 Å². The van der Waals surface area contributed by atoms with Crippen molar-refractivity contribution in [2.24, 2.45) is 0 Å². The van der Waals surface area contributed by atoms with Gasteiger partial charge in [0.15, 0.2) is 0 Å². The lowest BCUT2D eigenvalue weighted by molar-refractivity contribution is -0.125. The van der Waals surface area contributed by atoms with Gasteiger partial charge in [-0.15, -0.1) is 6.58 Å². The fourth-order valence-corrected chi connectivity index (χ4v) is 3.75. The van der Waals surface area contributed by atoms with Crippen molar-refractivity contribution >= 4 is 23.3 Å². The van der Waals surface area contributed by atoms with Crippen molar-refractivity contribution in [3.8, 4) is 0 Å². The average Bonchev–Trinajstić information content (AvgIpc) is 3.17. The molecule has 128 valence electrons. The quantitative estimate of drug-likeness (QED) is 0.797. The summed E-state index contributed by atoms with van der Waals surface area (Å²) in [5.74, 6) is 0.0112. The minimum atomic E-state index is -0.364. The lowest BCUT2D eigenvalue weighted by atomic mass is 9.98. The number of nitrogens with zero attached hydrogens (tertiary/aromatic N) is 3. The van der Waals surface area contributed by atoms with Crippen LogP contribution in [0.15, 0.2) is 40.8 Å². The SMILES string of the molecule is C=CCN1C(=O)NC(c2ccsc2)C2=C1CN(CCN(C)C)C2=O. The van der Waals surface area contributed by atoms with Gasteiger partial charge in [0.1, 0.15) is 0 Å². The Morgan fingerprint density at radius 2 is 2.25 bits per heavy atom. The first-order chi connectivity index (χ1) is 11.5. The monoisotopic (exact) mass is 346 g/mol. The number of carbonyl (C=O) groups is 2. The third kappa shape index (κ3) is 2.97. The molecule has 3 rings (SSSR count). The molecule has 0 radical (unpaired) electrons. The highest BCUT2D eigenvalue weighted by Gasteiger charge is 2.43. The molecule has 1 N–H and O–H groups in total. The molecule has 0 spiro atoms. The fraction of sp³-hybridized carbons (Fsp3) is 0.412. The van der Waals surface area contributed by atoms with Crippen LogP contribution in [0.3, 0.4) is 0 Å². The molecule has 1 aromatic heterocycles. The Hall–Kier alpha value is -2.12. The van der Waals surface area contributed by atoms with Crippen LogP contribution >= 0.6 is 11.3 Å². The zero-order chi connectivity index (χ0) is 17.3. The molecule has 0 saturated carbocycles. The molecule has 3 amide bonds. The van der Waals surface area contributed by atoms with Crippen molar-refractivity contribution in [1.82, 2.24) is 20.0 Å². The average molecular weight is 346 g/mol. The van der Waals surface area contributed by atoms with E-state index in [1.807, 2.05) is 40.7 Å². The fourth-order valence-electron chi connectivity index (χ4n) is 3.06. The zero-order valence-electron chi connectivity index (χ0n) is 14.0. The van der Waals surface area contributed by atoms with E-state index in [0.29, 0.717) is 25.2 Å². The van der Waals surface area contributed by atoms with Gasteiger partial charge in [0.2, 0.25) is 0 Å². The van der Waals surface area contributed by atoms with Gasteiger partial charge in [-0.1, -0.05) is 6.08 Å². The van der Waals surface area contributed by atoms with Crippen LogP contribution in [0.5, 0.6) is 0 Å². The molecule has 6 nitrogen and oxygen atoms in total. The number of hydrogen-bond acceptors (Lipinski definition) is 4. The van der Waals surface area contributed by atoms with Crippen LogP contribution in [0, 0.1) is 0 Å². The summed E-state index contributed by atoms with van der Waals surface area (Å²) in [5.41, 5.74) is 2.45. The van der Waals surface area contributed by atoms with Crippen LogP contribution in [0.25, 0.3) is 0 Å². The molecule has 0 saturated heterocycles. The smallest absolute Gasteiger partial charge is 0.322 e. The molecule has 1 unspecified atom stereocenters. The minimum Gasteiger partial charge on any atom is -0.332 e. The van der Waals surface area contributed by atoms with Crippen molar-refractivity contribution in [2.45, 2.75) is 6.04 Å². The second kappa shape index (κ2) is 6.78. The van der Waals surface area contributed by atoms with E-state index in [0.717, 1.165) is 17.8 Å². The van der Waals surface area contributed by atoms with E-state index in [-0.39, 0.29) is 18.0 Å². The van der Waals surface area contributed by atoms with E-state index in [1.165, 1.54) is 0 Å². The van der Waals surface area contributed by atoms with Gasteiger partial charge in [0, 0.05) is 19.6 Å². The molecule has 0 aliphatic carbocycles. The molecule has 1 aromatic rings. The predicted molar refractivity (Wildman–Crippen MR) is 94.7 cm³/mol. The van der Waals surface area contributed by atoms with E-state index < -0.39 is 0 Å². The maximum absolute atomic E-state index is 13.0. The van der Waals surface area contributed by atoms with Gasteiger partial charge < -0.3 is 15.1 Å². The standard InChI is InChI=1S/C17H22N4O2S/c1-4-6-21-13-10-20(8-7-19(2)3)16(22)14(13)15(18-17(21)23)12-5-9-24-11-12/h4-5,9,11,15H,1,6-8,10H2,2-3H3,(H,18,23). The number of thiophene rings is 1. The summed E-state index contributed by atoms with van der Waals surface area (Å²) >= 11 is 1.56. The highest BCUT2D eigenvalue weighted by molar-refractivity contribution is 7.08. The van der Waals surface area contributed by atoms with Gasteiger partial charge in [-0.05, 0) is 36.5 Å². The third-order valence-corrected chi connectivity index (χ3v) is 5.00. The van der Waals surface area contributed by atoms with Crippen LogP contribution in [-0.4, -0.2) is 66.9 Å². The van der Waals surface area contributed by atoms with Gasteiger partial charge in [0.25, 0.3) is 5.91 Å². The molecule has 0 bridgehead atoms. The van der Waals surface area contributed by atoms with Gasteiger partial charge in [-0.25, -0.2) is 4.79 Å². The van der Waals surface area contributed by atoms with E-state index in [9.17, 15) is 9.59 Å². The first kappa shape index (κ1) is 16.7. The molecule has 7 heteroatoms. The predicted octanol–water partition coefficient (Wildman–Crippen LogP) is 1.66. The number of amides is 3. The maximum Gasteiger partial charge on any atom is 0.322 e.